The van der Waals surface area contributed by atoms with E-state index in [9.17, 15) is 0 Å². The van der Waals surface area contributed by atoms with Crippen LogP contribution in [0.25, 0.3) is 0 Å². The van der Waals surface area contributed by atoms with Crippen LogP contribution in [-0.4, -0.2) is 0 Å². The fourth-order valence-electron chi connectivity index (χ4n) is 2.65. The third-order valence-corrected chi connectivity index (χ3v) is 4.36. The van der Waals surface area contributed by atoms with Crippen molar-refractivity contribution >= 4 is 23.2 Å². The van der Waals surface area contributed by atoms with Gasteiger partial charge in [-0.15, -0.1) is 0 Å². The zero-order chi connectivity index (χ0) is 12.8. The highest BCUT2D eigenvalue weighted by Crippen LogP contribution is 2.37. The third kappa shape index (κ3) is 1.93. The lowest BCUT2D eigenvalue weighted by Crippen LogP contribution is -2.37. The molecule has 0 aromatic heterocycles. The summed E-state index contributed by atoms with van der Waals surface area (Å²) in [5.41, 5.74) is 9.88. The van der Waals surface area contributed by atoms with Crippen LogP contribution in [0, 0.1) is 0 Å². The van der Waals surface area contributed by atoms with Crippen LogP contribution in [0.2, 0.25) is 10.0 Å². The van der Waals surface area contributed by atoms with Crippen molar-refractivity contribution in [3.63, 3.8) is 0 Å². The maximum atomic E-state index is 6.55. The Bertz CT molecular complexity index is 582. The van der Waals surface area contributed by atoms with Gasteiger partial charge in [-0.05, 0) is 41.7 Å². The Morgan fingerprint density at radius 1 is 0.889 bits per heavy atom. The van der Waals surface area contributed by atoms with Crippen LogP contribution in [-0.2, 0) is 18.4 Å². The quantitative estimate of drug-likeness (QED) is 0.839. The van der Waals surface area contributed by atoms with Crippen molar-refractivity contribution in [3.05, 3.63) is 69.2 Å². The number of nitrogens with two attached hydrogens (primary N) is 1. The molecule has 0 bridgehead atoms. The monoisotopic (exact) mass is 277 g/mol. The molecule has 0 amide bonds. The summed E-state index contributed by atoms with van der Waals surface area (Å²) in [5, 5.41) is 1.13. The number of rotatable bonds is 1. The topological polar surface area (TPSA) is 26.0 Å². The van der Waals surface area contributed by atoms with Gasteiger partial charge in [0, 0.05) is 5.54 Å². The molecular formula is C15H13Cl2N. The van der Waals surface area contributed by atoms with E-state index in [-0.39, 0.29) is 5.54 Å². The number of hydrogen-bond acceptors (Lipinski definition) is 1. The molecule has 0 spiro atoms. The Labute approximate surface area is 117 Å². The van der Waals surface area contributed by atoms with E-state index in [2.05, 4.69) is 24.3 Å². The van der Waals surface area contributed by atoms with Crippen LogP contribution in [0.4, 0.5) is 0 Å². The van der Waals surface area contributed by atoms with Crippen molar-refractivity contribution in [2.24, 2.45) is 5.73 Å². The molecule has 18 heavy (non-hydrogen) atoms. The van der Waals surface area contributed by atoms with E-state index < -0.39 is 0 Å². The molecule has 1 aliphatic carbocycles. The highest BCUT2D eigenvalue weighted by molar-refractivity contribution is 6.42. The van der Waals surface area contributed by atoms with Gasteiger partial charge in [-0.3, -0.25) is 0 Å². The average molecular weight is 278 g/mol. The van der Waals surface area contributed by atoms with Crippen LogP contribution in [0.15, 0.2) is 42.5 Å². The van der Waals surface area contributed by atoms with Crippen molar-refractivity contribution in [2.45, 2.75) is 18.4 Å². The van der Waals surface area contributed by atoms with Crippen molar-refractivity contribution < 1.29 is 0 Å². The van der Waals surface area contributed by atoms with Crippen molar-refractivity contribution in [3.8, 4) is 0 Å². The van der Waals surface area contributed by atoms with Gasteiger partial charge in [-0.25, -0.2) is 0 Å². The van der Waals surface area contributed by atoms with Gasteiger partial charge in [0.15, 0.2) is 0 Å². The van der Waals surface area contributed by atoms with Gasteiger partial charge in [-0.2, -0.15) is 0 Å². The summed E-state index contributed by atoms with van der Waals surface area (Å²) >= 11 is 12.0. The largest absolute Gasteiger partial charge is 0.321 e. The molecular weight excluding hydrogens is 265 g/mol. The zero-order valence-corrected chi connectivity index (χ0v) is 11.3. The molecule has 0 unspecified atom stereocenters. The summed E-state index contributed by atoms with van der Waals surface area (Å²) < 4.78 is 0. The molecule has 92 valence electrons. The van der Waals surface area contributed by atoms with Crippen LogP contribution in [0.5, 0.6) is 0 Å². The van der Waals surface area contributed by atoms with Gasteiger partial charge in [-0.1, -0.05) is 53.5 Å². The fourth-order valence-corrected chi connectivity index (χ4v) is 2.95. The second-order valence-electron chi connectivity index (χ2n) is 4.91. The van der Waals surface area contributed by atoms with E-state index >= 15 is 0 Å². The van der Waals surface area contributed by atoms with Gasteiger partial charge < -0.3 is 5.73 Å². The molecule has 0 atom stereocenters. The maximum Gasteiger partial charge on any atom is 0.0595 e. The molecule has 0 saturated heterocycles. The molecule has 3 heteroatoms. The lowest BCUT2D eigenvalue weighted by atomic mass is 9.88. The summed E-state index contributed by atoms with van der Waals surface area (Å²) in [4.78, 5) is 0. The van der Waals surface area contributed by atoms with E-state index in [1.165, 1.54) is 11.1 Å². The smallest absolute Gasteiger partial charge is 0.0595 e. The molecule has 0 saturated carbocycles. The van der Waals surface area contributed by atoms with E-state index in [0.717, 1.165) is 18.4 Å². The summed E-state index contributed by atoms with van der Waals surface area (Å²) in [6.45, 7) is 0. The van der Waals surface area contributed by atoms with Crippen molar-refractivity contribution in [1.29, 1.82) is 0 Å². The summed E-state index contributed by atoms with van der Waals surface area (Å²) in [7, 11) is 0. The van der Waals surface area contributed by atoms with Gasteiger partial charge in [0.25, 0.3) is 0 Å². The summed E-state index contributed by atoms with van der Waals surface area (Å²) in [6.07, 6.45) is 1.70. The lowest BCUT2D eigenvalue weighted by molar-refractivity contribution is 0.473. The van der Waals surface area contributed by atoms with Crippen LogP contribution in [0.3, 0.4) is 0 Å². The highest BCUT2D eigenvalue weighted by Gasteiger charge is 2.35. The molecule has 0 heterocycles. The fraction of sp³-hybridized carbons (Fsp3) is 0.200. The number of hydrogen-bond donors (Lipinski definition) is 1. The number of fused-ring (bicyclic) bond motifs is 1. The number of benzene rings is 2. The lowest BCUT2D eigenvalue weighted by Gasteiger charge is -2.24. The Hall–Kier alpha value is -1.02. The predicted molar refractivity (Wildman–Crippen MR) is 76.2 cm³/mol. The van der Waals surface area contributed by atoms with E-state index in [1.807, 2.05) is 18.2 Å². The molecule has 3 rings (SSSR count). The Morgan fingerprint density at radius 3 is 2.06 bits per heavy atom. The SMILES string of the molecule is NC1(c2ccc(Cl)c(Cl)c2)Cc2ccccc2C1. The van der Waals surface area contributed by atoms with Crippen LogP contribution in [0.1, 0.15) is 16.7 Å². The summed E-state index contributed by atoms with van der Waals surface area (Å²) in [5.74, 6) is 0. The standard InChI is InChI=1S/C15H13Cl2N/c16-13-6-5-12(7-14(13)17)15(18)8-10-3-1-2-4-11(10)9-15/h1-7H,8-9,18H2. The second-order valence-corrected chi connectivity index (χ2v) is 5.72. The van der Waals surface area contributed by atoms with Gasteiger partial charge >= 0.3 is 0 Å². The first-order chi connectivity index (χ1) is 8.58. The Kier molecular flexibility index (Phi) is 2.86. The molecule has 1 nitrogen and oxygen atoms in total. The first-order valence-corrected chi connectivity index (χ1v) is 6.65. The van der Waals surface area contributed by atoms with Crippen LogP contribution < -0.4 is 5.73 Å². The predicted octanol–water partition coefficient (Wildman–Crippen LogP) is 3.95. The van der Waals surface area contributed by atoms with E-state index in [4.69, 9.17) is 28.9 Å². The molecule has 1 aliphatic rings. The third-order valence-electron chi connectivity index (χ3n) is 3.62. The molecule has 2 aromatic rings. The minimum Gasteiger partial charge on any atom is -0.321 e. The summed E-state index contributed by atoms with van der Waals surface area (Å²) in [6, 6.07) is 14.1. The minimum atomic E-state index is -0.363. The van der Waals surface area contributed by atoms with Crippen LogP contribution >= 0.6 is 23.2 Å². The molecule has 0 fully saturated rings. The second kappa shape index (κ2) is 4.27. The maximum absolute atomic E-state index is 6.55. The molecule has 0 aliphatic heterocycles. The van der Waals surface area contributed by atoms with E-state index in [1.54, 1.807) is 0 Å². The highest BCUT2D eigenvalue weighted by atomic mass is 35.5. The molecule has 2 aromatic carbocycles. The first kappa shape index (κ1) is 12.0. The molecule has 0 radical (unpaired) electrons. The minimum absolute atomic E-state index is 0.363. The molecule has 2 N–H and O–H groups in total. The Balaban J connectivity index is 2.01. The average Bonchev–Trinajstić information content (AvgIpc) is 2.70. The zero-order valence-electron chi connectivity index (χ0n) is 9.79. The van der Waals surface area contributed by atoms with Gasteiger partial charge in [0.1, 0.15) is 0 Å². The normalized spacial score (nSPS) is 16.6. The van der Waals surface area contributed by atoms with Crippen molar-refractivity contribution in [1.82, 2.24) is 0 Å². The van der Waals surface area contributed by atoms with E-state index in [0.29, 0.717) is 10.0 Å². The van der Waals surface area contributed by atoms with Gasteiger partial charge in [0.2, 0.25) is 0 Å². The van der Waals surface area contributed by atoms with Gasteiger partial charge in [0.05, 0.1) is 10.0 Å². The van der Waals surface area contributed by atoms with Crippen molar-refractivity contribution in [2.75, 3.05) is 0 Å². The first-order valence-electron chi connectivity index (χ1n) is 5.90. The Morgan fingerprint density at radius 2 is 1.50 bits per heavy atom. The number of halogens is 2.